The molecule has 0 fully saturated rings. The average molecular weight is 462 g/mol. The Morgan fingerprint density at radius 3 is 2.70 bits per heavy atom. The number of nitriles is 2. The van der Waals surface area contributed by atoms with Crippen LogP contribution in [0.15, 0.2) is 75.3 Å². The molecule has 7 heteroatoms. The molecule has 0 aliphatic carbocycles. The van der Waals surface area contributed by atoms with Crippen LogP contribution in [0.5, 0.6) is 5.75 Å². The van der Waals surface area contributed by atoms with Gasteiger partial charge < -0.3 is 14.5 Å². The van der Waals surface area contributed by atoms with Crippen LogP contribution in [-0.4, -0.2) is 5.91 Å². The number of halogens is 1. The lowest BCUT2D eigenvalue weighted by Crippen LogP contribution is -2.23. The first-order chi connectivity index (χ1) is 14.6. The van der Waals surface area contributed by atoms with Crippen molar-refractivity contribution in [2.24, 2.45) is 0 Å². The van der Waals surface area contributed by atoms with Gasteiger partial charge in [-0.2, -0.15) is 10.5 Å². The number of carbonyl (C=O) groups is 1. The largest absolute Gasteiger partial charge is 0.488 e. The van der Waals surface area contributed by atoms with E-state index in [1.54, 1.807) is 42.5 Å². The summed E-state index contributed by atoms with van der Waals surface area (Å²) in [6.45, 7) is 0.446. The van der Waals surface area contributed by atoms with Gasteiger partial charge in [-0.3, -0.25) is 4.79 Å². The Balaban J connectivity index is 1.68. The fourth-order valence-corrected chi connectivity index (χ4v) is 3.14. The molecule has 0 atom stereocenters. The minimum atomic E-state index is -0.488. The van der Waals surface area contributed by atoms with Crippen LogP contribution in [0.25, 0.3) is 6.08 Å². The number of furan rings is 1. The number of hydrogen-bond acceptors (Lipinski definition) is 5. The molecule has 3 rings (SSSR count). The SMILES string of the molecule is N#C/C(=C\c1ccc(OCc2ccccc2C#N)c(Br)c1)C(=O)NCc1ccco1. The van der Waals surface area contributed by atoms with Gasteiger partial charge in [-0.15, -0.1) is 0 Å². The Morgan fingerprint density at radius 2 is 2.00 bits per heavy atom. The van der Waals surface area contributed by atoms with Gasteiger partial charge in [0.15, 0.2) is 0 Å². The minimum Gasteiger partial charge on any atom is -0.488 e. The van der Waals surface area contributed by atoms with Crippen molar-refractivity contribution >= 4 is 27.9 Å². The highest BCUT2D eigenvalue weighted by Gasteiger charge is 2.11. The van der Waals surface area contributed by atoms with Crippen molar-refractivity contribution in [1.82, 2.24) is 5.32 Å². The highest BCUT2D eigenvalue weighted by Crippen LogP contribution is 2.28. The molecular weight excluding hydrogens is 446 g/mol. The van der Waals surface area contributed by atoms with Crippen molar-refractivity contribution in [3.63, 3.8) is 0 Å². The first-order valence-electron chi connectivity index (χ1n) is 8.93. The molecule has 1 heterocycles. The Bertz CT molecular complexity index is 1160. The molecule has 148 valence electrons. The summed E-state index contributed by atoms with van der Waals surface area (Å²) in [5, 5.41) is 21.1. The van der Waals surface area contributed by atoms with Crippen LogP contribution in [0.1, 0.15) is 22.5 Å². The molecule has 0 saturated carbocycles. The molecule has 3 aromatic rings. The Kier molecular flexibility index (Phi) is 7.05. The maximum absolute atomic E-state index is 12.2. The van der Waals surface area contributed by atoms with Crippen LogP contribution in [-0.2, 0) is 17.9 Å². The van der Waals surface area contributed by atoms with E-state index in [1.165, 1.54) is 12.3 Å². The Morgan fingerprint density at radius 1 is 1.17 bits per heavy atom. The predicted molar refractivity (Wildman–Crippen MR) is 114 cm³/mol. The van der Waals surface area contributed by atoms with Crippen molar-refractivity contribution in [2.75, 3.05) is 0 Å². The molecule has 0 unspecified atom stereocenters. The summed E-state index contributed by atoms with van der Waals surface area (Å²) < 4.78 is 11.6. The second-order valence-corrected chi connectivity index (χ2v) is 7.03. The Hall–Kier alpha value is -3.81. The van der Waals surface area contributed by atoms with Crippen LogP contribution in [0.4, 0.5) is 0 Å². The summed E-state index contributed by atoms with van der Waals surface area (Å²) in [4.78, 5) is 12.2. The number of amides is 1. The van der Waals surface area contributed by atoms with Gasteiger partial charge in [0.1, 0.15) is 29.8 Å². The number of nitrogens with one attached hydrogen (secondary N) is 1. The summed E-state index contributed by atoms with van der Waals surface area (Å²) in [5.74, 6) is 0.696. The number of benzene rings is 2. The lowest BCUT2D eigenvalue weighted by atomic mass is 10.1. The van der Waals surface area contributed by atoms with E-state index in [0.717, 1.165) is 5.56 Å². The van der Waals surface area contributed by atoms with Crippen molar-refractivity contribution in [2.45, 2.75) is 13.2 Å². The number of carbonyl (C=O) groups excluding carboxylic acids is 1. The third-order valence-electron chi connectivity index (χ3n) is 4.16. The highest BCUT2D eigenvalue weighted by atomic mass is 79.9. The molecule has 1 N–H and O–H groups in total. The molecule has 0 bridgehead atoms. The van der Waals surface area contributed by atoms with E-state index >= 15 is 0 Å². The second-order valence-electron chi connectivity index (χ2n) is 6.18. The molecule has 0 saturated heterocycles. The summed E-state index contributed by atoms with van der Waals surface area (Å²) >= 11 is 3.45. The predicted octanol–water partition coefficient (Wildman–Crippen LogP) is 4.72. The van der Waals surface area contributed by atoms with Gasteiger partial charge in [0, 0.05) is 5.56 Å². The molecule has 6 nitrogen and oxygen atoms in total. The zero-order valence-corrected chi connectivity index (χ0v) is 17.3. The van der Waals surface area contributed by atoms with E-state index in [2.05, 4.69) is 27.3 Å². The van der Waals surface area contributed by atoms with Crippen molar-refractivity contribution in [3.8, 4) is 17.9 Å². The van der Waals surface area contributed by atoms with Crippen LogP contribution in [0.2, 0.25) is 0 Å². The van der Waals surface area contributed by atoms with E-state index in [-0.39, 0.29) is 18.7 Å². The third-order valence-corrected chi connectivity index (χ3v) is 4.78. The highest BCUT2D eigenvalue weighted by molar-refractivity contribution is 9.10. The quantitative estimate of drug-likeness (QED) is 0.405. The Labute approximate surface area is 182 Å². The van der Waals surface area contributed by atoms with E-state index in [9.17, 15) is 10.1 Å². The first-order valence-corrected chi connectivity index (χ1v) is 9.72. The number of nitrogens with zero attached hydrogens (tertiary/aromatic N) is 2. The molecule has 0 aliphatic rings. The van der Waals surface area contributed by atoms with Gasteiger partial charge in [0.2, 0.25) is 0 Å². The molecule has 2 aromatic carbocycles. The van der Waals surface area contributed by atoms with Crippen molar-refractivity contribution in [1.29, 1.82) is 10.5 Å². The summed E-state index contributed by atoms with van der Waals surface area (Å²) in [6.07, 6.45) is 3.01. The standard InChI is InChI=1S/C23H16BrN3O3/c24-21-11-16(10-19(13-26)23(28)27-14-20-6-3-9-29-20)7-8-22(21)30-15-18-5-2-1-4-17(18)12-25/h1-11H,14-15H2,(H,27,28)/b19-10+. The molecule has 1 amide bonds. The van der Waals surface area contributed by atoms with Crippen LogP contribution in [0.3, 0.4) is 0 Å². The number of rotatable bonds is 7. The van der Waals surface area contributed by atoms with E-state index in [1.807, 2.05) is 18.2 Å². The van der Waals surface area contributed by atoms with E-state index in [4.69, 9.17) is 14.4 Å². The third kappa shape index (κ3) is 5.38. The zero-order chi connectivity index (χ0) is 21.3. The van der Waals surface area contributed by atoms with Crippen LogP contribution >= 0.6 is 15.9 Å². The summed E-state index contributed by atoms with van der Waals surface area (Å²) in [7, 11) is 0. The number of hydrogen-bond donors (Lipinski definition) is 1. The molecule has 0 spiro atoms. The normalized spacial score (nSPS) is 10.7. The summed E-state index contributed by atoms with van der Waals surface area (Å²) in [5.41, 5.74) is 1.99. The summed E-state index contributed by atoms with van der Waals surface area (Å²) in [6, 6.07) is 20.0. The smallest absolute Gasteiger partial charge is 0.262 e. The van der Waals surface area contributed by atoms with Crippen LogP contribution in [0, 0.1) is 22.7 Å². The zero-order valence-electron chi connectivity index (χ0n) is 15.8. The first kappa shape index (κ1) is 20.9. The molecular formula is C23H16BrN3O3. The molecule has 1 aromatic heterocycles. The van der Waals surface area contributed by atoms with E-state index in [0.29, 0.717) is 27.1 Å². The number of ether oxygens (including phenoxy) is 1. The topological polar surface area (TPSA) is 99.0 Å². The maximum Gasteiger partial charge on any atom is 0.262 e. The fourth-order valence-electron chi connectivity index (χ4n) is 2.63. The van der Waals surface area contributed by atoms with Gasteiger partial charge in [-0.1, -0.05) is 24.3 Å². The van der Waals surface area contributed by atoms with Crippen molar-refractivity contribution < 1.29 is 13.9 Å². The van der Waals surface area contributed by atoms with Crippen LogP contribution < -0.4 is 10.1 Å². The molecule has 30 heavy (non-hydrogen) atoms. The lowest BCUT2D eigenvalue weighted by Gasteiger charge is -2.10. The second kappa shape index (κ2) is 10.1. The van der Waals surface area contributed by atoms with Gasteiger partial charge >= 0.3 is 0 Å². The fraction of sp³-hybridized carbons (Fsp3) is 0.0870. The van der Waals surface area contributed by atoms with Gasteiger partial charge in [0.25, 0.3) is 5.91 Å². The lowest BCUT2D eigenvalue weighted by molar-refractivity contribution is -0.117. The molecule has 0 radical (unpaired) electrons. The van der Waals surface area contributed by atoms with E-state index < -0.39 is 5.91 Å². The monoisotopic (exact) mass is 461 g/mol. The van der Waals surface area contributed by atoms with Gasteiger partial charge in [0.05, 0.1) is 28.9 Å². The minimum absolute atomic E-state index is 0.0231. The van der Waals surface area contributed by atoms with Gasteiger partial charge in [-0.25, -0.2) is 0 Å². The average Bonchev–Trinajstić information content (AvgIpc) is 3.29. The maximum atomic E-state index is 12.2. The molecule has 0 aliphatic heterocycles. The van der Waals surface area contributed by atoms with Gasteiger partial charge in [-0.05, 0) is 57.9 Å². The van der Waals surface area contributed by atoms with Crippen molar-refractivity contribution in [3.05, 3.63) is 93.4 Å².